The monoisotopic (exact) mass is 268 g/mol. The topological polar surface area (TPSA) is 118 Å². The molecule has 0 rings (SSSR count). The van der Waals surface area contributed by atoms with Gasteiger partial charge in [0.2, 0.25) is 11.8 Å². The van der Waals surface area contributed by atoms with Gasteiger partial charge in [-0.2, -0.15) is 0 Å². The van der Waals surface area contributed by atoms with Crippen molar-refractivity contribution < 1.29 is 19.2 Å². The molecule has 2 amide bonds. The minimum atomic E-state index is -0.731. The highest BCUT2D eigenvalue weighted by Gasteiger charge is 2.16. The van der Waals surface area contributed by atoms with E-state index < -0.39 is 18.0 Å². The second kappa shape index (κ2) is 10.2. The number of carbonyl (C=O) groups excluding carboxylic acids is 4. The maximum Gasteiger partial charge on any atom is 0.242 e. The number of Topliss-reactive ketones (excluding diaryl/α,β-unsaturated/α-hetero) is 1. The summed E-state index contributed by atoms with van der Waals surface area (Å²) in [5.41, 5.74) is 5.47. The van der Waals surface area contributed by atoms with Gasteiger partial charge in [0, 0.05) is 14.8 Å². The molecule has 0 bridgehead atoms. The van der Waals surface area contributed by atoms with Crippen molar-refractivity contribution in [3.8, 4) is 0 Å². The normalized spacial score (nSPS) is 12.6. The van der Waals surface area contributed by atoms with E-state index in [4.69, 9.17) is 5.73 Å². The molecule has 0 aromatic rings. The van der Waals surface area contributed by atoms with Crippen LogP contribution in [0, 0.1) is 0 Å². The van der Waals surface area contributed by atoms with Gasteiger partial charge >= 0.3 is 0 Å². The van der Waals surface area contributed by atoms with Crippen molar-refractivity contribution in [2.24, 2.45) is 5.73 Å². The fraction of sp³-hybridized carbons (Fsp3) is 0.636. The van der Waals surface area contributed by atoms with Gasteiger partial charge in [0.1, 0.15) is 18.1 Å². The molecule has 0 aliphatic heterocycles. The molecule has 0 aliphatic carbocycles. The maximum atomic E-state index is 11.4. The molecule has 4 N–H and O–H groups in total. The summed E-state index contributed by atoms with van der Waals surface area (Å²) in [4.78, 5) is 43.7. The molecule has 105 valence electrons. The van der Waals surface area contributed by atoms with E-state index in [0.717, 1.165) is 0 Å². The molecule has 0 saturated heterocycles. The smallest absolute Gasteiger partial charge is 0.242 e. The molecule has 3 radical (unpaired) electrons. The zero-order chi connectivity index (χ0) is 14.1. The molecular formula is C11H19BN3O4. The van der Waals surface area contributed by atoms with Crippen molar-refractivity contribution in [1.29, 1.82) is 0 Å². The van der Waals surface area contributed by atoms with Crippen LogP contribution in [0.5, 0.6) is 0 Å². The Labute approximate surface area is 114 Å². The summed E-state index contributed by atoms with van der Waals surface area (Å²) < 4.78 is 0. The second-order valence-electron chi connectivity index (χ2n) is 3.96. The van der Waals surface area contributed by atoms with E-state index in [1.807, 2.05) is 0 Å². The van der Waals surface area contributed by atoms with E-state index in [1.165, 1.54) is 13.8 Å². The molecule has 0 aliphatic rings. The van der Waals surface area contributed by atoms with Crippen LogP contribution in [0.2, 0.25) is 0 Å². The highest BCUT2D eigenvalue weighted by atomic mass is 16.2. The molecular weight excluding hydrogens is 249 g/mol. The first-order valence-corrected chi connectivity index (χ1v) is 5.65. The highest BCUT2D eigenvalue weighted by molar-refractivity contribution is 5.88. The van der Waals surface area contributed by atoms with Crippen molar-refractivity contribution in [2.45, 2.75) is 38.8 Å². The van der Waals surface area contributed by atoms with Crippen molar-refractivity contribution in [3.63, 3.8) is 0 Å². The molecule has 8 heteroatoms. The van der Waals surface area contributed by atoms with Gasteiger partial charge in [-0.25, -0.2) is 0 Å². The average molecular weight is 268 g/mol. The summed E-state index contributed by atoms with van der Waals surface area (Å²) >= 11 is 0. The number of nitrogens with two attached hydrogens (primary N) is 1. The number of rotatable bonds is 8. The van der Waals surface area contributed by atoms with E-state index in [0.29, 0.717) is 6.29 Å². The summed E-state index contributed by atoms with van der Waals surface area (Å²) in [6.07, 6.45) is 0.869. The number of amides is 2. The van der Waals surface area contributed by atoms with Crippen molar-refractivity contribution in [2.75, 3.05) is 6.54 Å². The van der Waals surface area contributed by atoms with E-state index in [2.05, 4.69) is 10.6 Å². The van der Waals surface area contributed by atoms with Crippen LogP contribution in [0.3, 0.4) is 0 Å². The van der Waals surface area contributed by atoms with Crippen LogP contribution in [-0.4, -0.2) is 50.9 Å². The second-order valence-corrected chi connectivity index (χ2v) is 3.96. The van der Waals surface area contributed by atoms with Crippen LogP contribution in [0.25, 0.3) is 0 Å². The summed E-state index contributed by atoms with van der Waals surface area (Å²) in [7, 11) is 0. The SMILES string of the molecule is CC(=O)C(N)CCC(=O)NC(C)C(=O)NCC=O.[B]. The van der Waals surface area contributed by atoms with Crippen molar-refractivity contribution in [3.05, 3.63) is 0 Å². The van der Waals surface area contributed by atoms with Gasteiger partial charge < -0.3 is 21.2 Å². The van der Waals surface area contributed by atoms with Gasteiger partial charge in [0.15, 0.2) is 0 Å². The molecule has 0 heterocycles. The summed E-state index contributed by atoms with van der Waals surface area (Å²) in [6.45, 7) is 2.77. The Balaban J connectivity index is 0. The first kappa shape index (κ1) is 19.6. The number of hydrogen-bond donors (Lipinski definition) is 3. The van der Waals surface area contributed by atoms with Crippen LogP contribution in [0.4, 0.5) is 0 Å². The molecule has 2 atom stereocenters. The Hall–Kier alpha value is -1.70. The lowest BCUT2D eigenvalue weighted by Gasteiger charge is -2.13. The lowest BCUT2D eigenvalue weighted by Crippen LogP contribution is -2.45. The standard InChI is InChI=1S/C11H19N3O4.B/c1-7(11(18)13-5-6-15)14-10(17)4-3-9(12)8(2)16;/h6-7,9H,3-5,12H2,1-2H3,(H,13,18)(H,14,17);. The third-order valence-electron chi connectivity index (χ3n) is 2.33. The third kappa shape index (κ3) is 8.95. The van der Waals surface area contributed by atoms with E-state index in [1.54, 1.807) is 0 Å². The largest absolute Gasteiger partial charge is 0.348 e. The van der Waals surface area contributed by atoms with Crippen LogP contribution in [0.15, 0.2) is 0 Å². The Bertz CT molecular complexity index is 336. The minimum Gasteiger partial charge on any atom is -0.348 e. The first-order valence-electron chi connectivity index (χ1n) is 5.65. The summed E-state index contributed by atoms with van der Waals surface area (Å²) in [6, 6.07) is -1.39. The van der Waals surface area contributed by atoms with E-state index >= 15 is 0 Å². The third-order valence-corrected chi connectivity index (χ3v) is 2.33. The quantitative estimate of drug-likeness (QED) is 0.352. The van der Waals surface area contributed by atoms with Gasteiger partial charge in [-0.1, -0.05) is 0 Å². The van der Waals surface area contributed by atoms with Crippen LogP contribution in [0.1, 0.15) is 26.7 Å². The molecule has 0 aromatic heterocycles. The fourth-order valence-corrected chi connectivity index (χ4v) is 1.16. The fourth-order valence-electron chi connectivity index (χ4n) is 1.16. The predicted octanol–water partition coefficient (Wildman–Crippen LogP) is -1.88. The van der Waals surface area contributed by atoms with E-state index in [9.17, 15) is 19.2 Å². The highest BCUT2D eigenvalue weighted by Crippen LogP contribution is 1.96. The number of ketones is 1. The minimum absolute atomic E-state index is 0. The Morgan fingerprint density at radius 3 is 2.37 bits per heavy atom. The Kier molecular flexibility index (Phi) is 10.6. The number of carbonyl (C=O) groups is 4. The molecule has 0 fully saturated rings. The average Bonchev–Trinajstić information content (AvgIpc) is 2.32. The van der Waals surface area contributed by atoms with Crippen LogP contribution in [-0.2, 0) is 19.2 Å². The molecule has 0 aromatic carbocycles. The zero-order valence-corrected chi connectivity index (χ0v) is 11.1. The molecule has 2 unspecified atom stereocenters. The van der Waals surface area contributed by atoms with Crippen LogP contribution < -0.4 is 16.4 Å². The summed E-state index contributed by atoms with van der Waals surface area (Å²) in [5, 5.41) is 4.77. The number of aldehydes is 1. The molecule has 0 spiro atoms. The summed E-state index contributed by atoms with van der Waals surface area (Å²) in [5.74, 6) is -0.980. The molecule has 7 nitrogen and oxygen atoms in total. The number of hydrogen-bond acceptors (Lipinski definition) is 5. The van der Waals surface area contributed by atoms with Gasteiger partial charge in [-0.3, -0.25) is 14.4 Å². The van der Waals surface area contributed by atoms with Gasteiger partial charge in [-0.15, -0.1) is 0 Å². The Morgan fingerprint density at radius 1 is 1.32 bits per heavy atom. The lowest BCUT2D eigenvalue weighted by molar-refractivity contribution is -0.129. The zero-order valence-electron chi connectivity index (χ0n) is 11.1. The first-order chi connectivity index (χ1) is 8.38. The van der Waals surface area contributed by atoms with Gasteiger partial charge in [0.05, 0.1) is 12.6 Å². The van der Waals surface area contributed by atoms with Crippen LogP contribution >= 0.6 is 0 Å². The molecule has 0 saturated carbocycles. The molecule has 19 heavy (non-hydrogen) atoms. The van der Waals surface area contributed by atoms with E-state index in [-0.39, 0.29) is 39.5 Å². The van der Waals surface area contributed by atoms with Gasteiger partial charge in [-0.05, 0) is 20.3 Å². The number of nitrogens with one attached hydrogen (secondary N) is 2. The van der Waals surface area contributed by atoms with Crippen molar-refractivity contribution >= 4 is 32.3 Å². The maximum absolute atomic E-state index is 11.4. The Morgan fingerprint density at radius 2 is 1.89 bits per heavy atom. The van der Waals surface area contributed by atoms with Crippen molar-refractivity contribution in [1.82, 2.24) is 10.6 Å². The van der Waals surface area contributed by atoms with Gasteiger partial charge in [0.25, 0.3) is 0 Å². The predicted molar refractivity (Wildman–Crippen MR) is 70.3 cm³/mol. The lowest BCUT2D eigenvalue weighted by atomic mass is 10.1.